The van der Waals surface area contributed by atoms with Crippen LogP contribution in [0.4, 0.5) is 10.5 Å². The molecule has 186 valence electrons. The van der Waals surface area contributed by atoms with Gasteiger partial charge >= 0.3 is 6.09 Å². The van der Waals surface area contributed by atoms with E-state index in [2.05, 4.69) is 66.6 Å². The molecule has 1 saturated heterocycles. The zero-order valence-electron chi connectivity index (χ0n) is 21.2. The number of fused-ring (bicyclic) bond motifs is 3. The maximum atomic E-state index is 12.6. The van der Waals surface area contributed by atoms with Crippen LogP contribution in [0, 0.1) is 0 Å². The number of imidazole rings is 1. The fourth-order valence-electron chi connectivity index (χ4n) is 5.72. The van der Waals surface area contributed by atoms with Crippen LogP contribution in [0.3, 0.4) is 0 Å². The second-order valence-electron chi connectivity index (χ2n) is 10.0. The molecule has 3 atom stereocenters. The highest BCUT2D eigenvalue weighted by Crippen LogP contribution is 2.36. The van der Waals surface area contributed by atoms with Crippen molar-refractivity contribution < 1.29 is 14.3 Å². The summed E-state index contributed by atoms with van der Waals surface area (Å²) in [6.07, 6.45) is 2.77. The van der Waals surface area contributed by atoms with Crippen molar-refractivity contribution in [1.82, 2.24) is 14.5 Å². The van der Waals surface area contributed by atoms with Crippen LogP contribution in [0.5, 0.6) is 0 Å². The molecule has 0 bridgehead atoms. The lowest BCUT2D eigenvalue weighted by atomic mass is 9.96. The smallest absolute Gasteiger partial charge is 0.414 e. The number of rotatable bonds is 5. The first kappa shape index (κ1) is 23.8. The van der Waals surface area contributed by atoms with Gasteiger partial charge in [-0.3, -0.25) is 9.80 Å². The summed E-state index contributed by atoms with van der Waals surface area (Å²) in [6, 6.07) is 14.8. The molecule has 1 aromatic heterocycles. The van der Waals surface area contributed by atoms with E-state index < -0.39 is 0 Å². The topological polar surface area (TPSA) is 59.8 Å². The number of hydrogen-bond acceptors (Lipinski definition) is 5. The van der Waals surface area contributed by atoms with Crippen LogP contribution in [0.2, 0.25) is 0 Å². The third-order valence-corrected chi connectivity index (χ3v) is 7.30. The van der Waals surface area contributed by atoms with Gasteiger partial charge in [-0.15, -0.1) is 0 Å². The monoisotopic (exact) mass is 476 g/mol. The highest BCUT2D eigenvalue weighted by Gasteiger charge is 2.31. The lowest BCUT2D eigenvalue weighted by Gasteiger charge is -2.35. The molecule has 1 amide bonds. The molecule has 2 aliphatic rings. The third-order valence-electron chi connectivity index (χ3n) is 7.30. The number of carbonyl (C=O) groups is 1. The molecule has 3 heterocycles. The fourth-order valence-corrected chi connectivity index (χ4v) is 5.72. The predicted molar refractivity (Wildman–Crippen MR) is 138 cm³/mol. The Balaban J connectivity index is 1.53. The van der Waals surface area contributed by atoms with Crippen molar-refractivity contribution in [2.45, 2.75) is 64.8 Å². The van der Waals surface area contributed by atoms with Gasteiger partial charge in [0.05, 0.1) is 36.0 Å². The summed E-state index contributed by atoms with van der Waals surface area (Å²) in [5.74, 6) is 1.07. The van der Waals surface area contributed by atoms with E-state index in [-0.39, 0.29) is 24.3 Å². The third kappa shape index (κ3) is 4.80. The first-order valence-corrected chi connectivity index (χ1v) is 12.7. The molecule has 0 spiro atoms. The predicted octanol–water partition coefficient (Wildman–Crippen LogP) is 4.64. The van der Waals surface area contributed by atoms with Crippen molar-refractivity contribution in [3.63, 3.8) is 0 Å². The highest BCUT2D eigenvalue weighted by molar-refractivity contribution is 5.95. The van der Waals surface area contributed by atoms with Gasteiger partial charge in [-0.1, -0.05) is 30.3 Å². The van der Waals surface area contributed by atoms with Gasteiger partial charge in [0.25, 0.3) is 0 Å². The van der Waals surface area contributed by atoms with Gasteiger partial charge in [-0.2, -0.15) is 0 Å². The summed E-state index contributed by atoms with van der Waals surface area (Å²) in [4.78, 5) is 22.1. The van der Waals surface area contributed by atoms with Crippen LogP contribution in [-0.2, 0) is 28.9 Å². The molecule has 1 fully saturated rings. The van der Waals surface area contributed by atoms with Crippen LogP contribution in [0.25, 0.3) is 11.0 Å². The molecule has 7 heteroatoms. The number of benzene rings is 2. The number of hydrogen-bond donors (Lipinski definition) is 0. The minimum atomic E-state index is -0.308. The molecule has 3 aromatic rings. The van der Waals surface area contributed by atoms with E-state index in [1.165, 1.54) is 12.7 Å². The van der Waals surface area contributed by atoms with Crippen molar-refractivity contribution in [2.75, 3.05) is 31.6 Å². The Morgan fingerprint density at radius 2 is 1.80 bits per heavy atom. The summed E-state index contributed by atoms with van der Waals surface area (Å²) >= 11 is 0. The number of ether oxygens (including phenoxy) is 2. The van der Waals surface area contributed by atoms with E-state index in [9.17, 15) is 4.79 Å². The van der Waals surface area contributed by atoms with Crippen molar-refractivity contribution in [3.8, 4) is 0 Å². The van der Waals surface area contributed by atoms with Gasteiger partial charge in [0.1, 0.15) is 5.82 Å². The molecule has 0 saturated carbocycles. The summed E-state index contributed by atoms with van der Waals surface area (Å²) in [5.41, 5.74) is 5.47. The average Bonchev–Trinajstić information content (AvgIpc) is 3.19. The number of methoxy groups -OCH3 is 1. The van der Waals surface area contributed by atoms with Gasteiger partial charge < -0.3 is 14.0 Å². The molecule has 7 nitrogen and oxygen atoms in total. The van der Waals surface area contributed by atoms with Crippen LogP contribution in [0.15, 0.2) is 42.5 Å². The normalized spacial score (nSPS) is 22.9. The number of carbonyl (C=O) groups excluding carboxylic acids is 1. The molecule has 0 aliphatic carbocycles. The first-order valence-electron chi connectivity index (χ1n) is 12.7. The molecule has 2 aromatic carbocycles. The highest BCUT2D eigenvalue weighted by atomic mass is 16.5. The lowest BCUT2D eigenvalue weighted by Crippen LogP contribution is -2.46. The molecule has 35 heavy (non-hydrogen) atoms. The number of anilines is 1. The molecular weight excluding hydrogens is 440 g/mol. The van der Waals surface area contributed by atoms with E-state index >= 15 is 0 Å². The standard InChI is InChI=1S/C28H36N4O3/c1-19-10-11-23-24(32(19)28(33)34-4)12-13-25-27(23)29-26(16-22-8-6-5-7-9-22)31(25)15-14-30-17-20(2)35-21(3)18-30/h5-9,12-13,19-21H,10-11,14-18H2,1-4H3/t19-,20-,21-/m0/s1. The lowest BCUT2D eigenvalue weighted by molar-refractivity contribution is -0.0685. The number of nitrogens with zero attached hydrogens (tertiary/aromatic N) is 4. The minimum Gasteiger partial charge on any atom is -0.452 e. The van der Waals surface area contributed by atoms with E-state index in [1.807, 2.05) is 6.07 Å². The summed E-state index contributed by atoms with van der Waals surface area (Å²) in [5, 5.41) is 0. The Kier molecular flexibility index (Phi) is 6.80. The van der Waals surface area contributed by atoms with Crippen LogP contribution in [0.1, 0.15) is 44.1 Å². The maximum absolute atomic E-state index is 12.6. The minimum absolute atomic E-state index is 0.101. The largest absolute Gasteiger partial charge is 0.452 e. The fraction of sp³-hybridized carbons (Fsp3) is 0.500. The van der Waals surface area contributed by atoms with Crippen molar-refractivity contribution >= 4 is 22.8 Å². The molecule has 0 radical (unpaired) electrons. The molecule has 5 rings (SSSR count). The maximum Gasteiger partial charge on any atom is 0.414 e. The molecular formula is C28H36N4O3. The van der Waals surface area contributed by atoms with Gasteiger partial charge in [0.2, 0.25) is 0 Å². The number of aromatic nitrogens is 2. The average molecular weight is 477 g/mol. The van der Waals surface area contributed by atoms with Crippen molar-refractivity contribution in [2.24, 2.45) is 0 Å². The SMILES string of the molecule is COC(=O)N1c2ccc3c(nc(Cc4ccccc4)n3CCN3C[C@H](C)O[C@@H](C)C3)c2CC[C@@H]1C. The summed E-state index contributed by atoms with van der Waals surface area (Å²) in [7, 11) is 1.45. The van der Waals surface area contributed by atoms with Crippen LogP contribution in [-0.4, -0.2) is 65.5 Å². The Labute approximate surface area is 207 Å². The Bertz CT molecular complexity index is 1180. The second kappa shape index (κ2) is 9.99. The van der Waals surface area contributed by atoms with Crippen molar-refractivity contribution in [1.29, 1.82) is 0 Å². The number of aryl methyl sites for hydroxylation is 1. The second-order valence-corrected chi connectivity index (χ2v) is 10.0. The number of amides is 1. The zero-order valence-corrected chi connectivity index (χ0v) is 21.2. The van der Waals surface area contributed by atoms with Gasteiger partial charge in [0, 0.05) is 44.2 Å². The Hall–Kier alpha value is -2.90. The molecule has 2 aliphatic heterocycles. The Morgan fingerprint density at radius 3 is 2.51 bits per heavy atom. The van der Waals surface area contributed by atoms with E-state index in [4.69, 9.17) is 14.5 Å². The summed E-state index contributed by atoms with van der Waals surface area (Å²) < 4.78 is 13.4. The van der Waals surface area contributed by atoms with E-state index in [0.29, 0.717) is 0 Å². The summed E-state index contributed by atoms with van der Waals surface area (Å²) in [6.45, 7) is 10.1. The zero-order chi connectivity index (χ0) is 24.5. The van der Waals surface area contributed by atoms with Crippen LogP contribution < -0.4 is 4.90 Å². The quantitative estimate of drug-likeness (QED) is 0.537. The van der Waals surface area contributed by atoms with Gasteiger partial charge in [0.15, 0.2) is 0 Å². The molecule has 0 unspecified atom stereocenters. The molecule has 0 N–H and O–H groups in total. The Morgan fingerprint density at radius 1 is 1.06 bits per heavy atom. The van der Waals surface area contributed by atoms with Gasteiger partial charge in [-0.25, -0.2) is 9.78 Å². The van der Waals surface area contributed by atoms with E-state index in [0.717, 1.165) is 73.6 Å². The van der Waals surface area contributed by atoms with Crippen molar-refractivity contribution in [3.05, 3.63) is 59.4 Å². The van der Waals surface area contributed by atoms with E-state index in [1.54, 1.807) is 4.90 Å². The number of morpholine rings is 1. The first-order chi connectivity index (χ1) is 16.9. The van der Waals surface area contributed by atoms with Gasteiger partial charge in [-0.05, 0) is 51.3 Å². The van der Waals surface area contributed by atoms with Crippen LogP contribution >= 0.6 is 0 Å².